The summed E-state index contributed by atoms with van der Waals surface area (Å²) in [6.07, 6.45) is 16.8. The third kappa shape index (κ3) is 8.24. The van der Waals surface area contributed by atoms with E-state index in [0.29, 0.717) is 23.6 Å². The Morgan fingerprint density at radius 1 is 1.14 bits per heavy atom. The van der Waals surface area contributed by atoms with E-state index in [9.17, 15) is 4.79 Å². The third-order valence-electron chi connectivity index (χ3n) is 9.32. The number of fused-ring (bicyclic) bond motifs is 3. The van der Waals surface area contributed by atoms with E-state index in [1.807, 2.05) is 41.7 Å². The lowest BCUT2D eigenvalue weighted by Crippen LogP contribution is -2.49. The van der Waals surface area contributed by atoms with Crippen LogP contribution in [0.2, 0.25) is 0 Å². The van der Waals surface area contributed by atoms with Crippen LogP contribution >= 0.6 is 0 Å². The molecule has 3 fully saturated rings. The molecule has 0 radical (unpaired) electrons. The van der Waals surface area contributed by atoms with Gasteiger partial charge in [-0.05, 0) is 89.5 Å². The summed E-state index contributed by atoms with van der Waals surface area (Å²) < 4.78 is 0. The van der Waals surface area contributed by atoms with Crippen LogP contribution in [0.5, 0.6) is 0 Å². The van der Waals surface area contributed by atoms with Gasteiger partial charge in [-0.3, -0.25) is 20.2 Å². The number of hydrogen-bond acceptors (Lipinski definition) is 6. The molecular weight excluding hydrogens is 534 g/mol. The van der Waals surface area contributed by atoms with Crippen molar-refractivity contribution >= 4 is 17.4 Å². The monoisotopic (exact) mass is 587 g/mol. The molecule has 0 saturated heterocycles. The molecule has 4 aliphatic carbocycles. The first kappa shape index (κ1) is 33.8. The molecule has 1 amide bonds. The second kappa shape index (κ2) is 14.7. The molecule has 1 atom stereocenters. The number of nitrogens with one attached hydrogen (secondary N) is 2. The van der Waals surface area contributed by atoms with E-state index in [2.05, 4.69) is 58.7 Å². The lowest BCUT2D eigenvalue weighted by Gasteiger charge is -2.53. The molecule has 3 saturated carbocycles. The zero-order valence-corrected chi connectivity index (χ0v) is 27.4. The van der Waals surface area contributed by atoms with Crippen molar-refractivity contribution in [1.29, 1.82) is 0 Å². The van der Waals surface area contributed by atoms with Gasteiger partial charge in [0.05, 0.1) is 11.7 Å². The van der Waals surface area contributed by atoms with Crippen molar-refractivity contribution in [1.82, 2.24) is 20.7 Å². The van der Waals surface area contributed by atoms with Crippen LogP contribution in [-0.4, -0.2) is 41.3 Å². The van der Waals surface area contributed by atoms with E-state index < -0.39 is 0 Å². The van der Waals surface area contributed by atoms with Crippen molar-refractivity contribution in [3.63, 3.8) is 0 Å². The number of hydrazine groups is 1. The number of carbonyl (C=O) groups excluding carboxylic acids is 1. The normalized spacial score (nSPS) is 27.2. The Labute approximate surface area is 259 Å². The maximum atomic E-state index is 13.5. The van der Waals surface area contributed by atoms with E-state index in [-0.39, 0.29) is 22.8 Å². The molecule has 1 heterocycles. The van der Waals surface area contributed by atoms with Gasteiger partial charge in [0.25, 0.3) is 5.91 Å². The molecule has 0 aliphatic heterocycles. The first-order chi connectivity index (χ1) is 20.4. The van der Waals surface area contributed by atoms with Crippen LogP contribution in [0, 0.1) is 17.8 Å². The minimum absolute atomic E-state index is 0.0976. The first-order valence-electron chi connectivity index (χ1n) is 15.7. The van der Waals surface area contributed by atoms with Gasteiger partial charge in [-0.15, -0.1) is 0 Å². The Balaban J connectivity index is 0.00000248. The summed E-state index contributed by atoms with van der Waals surface area (Å²) in [5, 5.41) is 5.01. The van der Waals surface area contributed by atoms with Crippen molar-refractivity contribution in [2.75, 3.05) is 18.6 Å². The van der Waals surface area contributed by atoms with Gasteiger partial charge in [0.15, 0.2) is 5.69 Å². The number of nitrogens with zero attached hydrogens (tertiary/aromatic N) is 4. The van der Waals surface area contributed by atoms with Crippen LogP contribution in [0.4, 0.5) is 5.69 Å². The van der Waals surface area contributed by atoms with Crippen LogP contribution in [-0.2, 0) is 0 Å². The second-order valence-corrected chi connectivity index (χ2v) is 12.4. The molecule has 8 nitrogen and oxygen atoms in total. The van der Waals surface area contributed by atoms with E-state index in [1.165, 1.54) is 6.33 Å². The molecule has 8 heteroatoms. The zero-order chi connectivity index (χ0) is 31.8. The molecule has 1 aromatic rings. The van der Waals surface area contributed by atoms with Gasteiger partial charge in [0.2, 0.25) is 0 Å². The highest BCUT2D eigenvalue weighted by molar-refractivity contribution is 5.98. The van der Waals surface area contributed by atoms with Crippen molar-refractivity contribution in [3.8, 4) is 0 Å². The van der Waals surface area contributed by atoms with Gasteiger partial charge in [0, 0.05) is 24.7 Å². The second-order valence-electron chi connectivity index (χ2n) is 12.4. The lowest BCUT2D eigenvalue weighted by molar-refractivity contribution is 0.0145. The number of aryl methyl sites for hydroxylation is 1. The summed E-state index contributed by atoms with van der Waals surface area (Å²) in [4.78, 5) is 27.2. The van der Waals surface area contributed by atoms with Crippen LogP contribution in [0.25, 0.3) is 0 Å². The predicted molar refractivity (Wildman–Crippen MR) is 180 cm³/mol. The Kier molecular flexibility index (Phi) is 11.5. The topological polar surface area (TPSA) is 109 Å². The summed E-state index contributed by atoms with van der Waals surface area (Å²) in [5.41, 5.74) is 15.5. The van der Waals surface area contributed by atoms with Gasteiger partial charge in [-0.1, -0.05) is 63.0 Å². The molecule has 2 bridgehead atoms. The van der Waals surface area contributed by atoms with Crippen LogP contribution < -0.4 is 21.5 Å². The number of rotatable bonds is 8. The lowest BCUT2D eigenvalue weighted by atomic mass is 9.53. The number of allylic oxidation sites excluding steroid dienone is 6. The van der Waals surface area contributed by atoms with Gasteiger partial charge in [-0.2, -0.15) is 0 Å². The summed E-state index contributed by atoms with van der Waals surface area (Å²) in [7, 11) is 1.87. The van der Waals surface area contributed by atoms with Gasteiger partial charge in [0.1, 0.15) is 17.9 Å². The van der Waals surface area contributed by atoms with Crippen molar-refractivity contribution in [2.45, 2.75) is 98.4 Å². The molecule has 4 N–H and O–H groups in total. The molecular formula is C35H53N7O. The Bertz CT molecular complexity index is 1280. The van der Waals surface area contributed by atoms with Gasteiger partial charge >= 0.3 is 0 Å². The van der Waals surface area contributed by atoms with E-state index >= 15 is 0 Å². The minimum atomic E-state index is -0.186. The minimum Gasteiger partial charge on any atom is -0.402 e. The molecule has 0 aromatic carbocycles. The fraction of sp³-hybridized carbons (Fsp3) is 0.543. The highest BCUT2D eigenvalue weighted by Gasteiger charge is 2.49. The number of amidine groups is 1. The first-order valence-corrected chi connectivity index (χ1v) is 15.7. The largest absolute Gasteiger partial charge is 0.402 e. The maximum absolute atomic E-state index is 13.5. The Morgan fingerprint density at radius 3 is 2.40 bits per heavy atom. The number of amides is 1. The van der Waals surface area contributed by atoms with E-state index in [4.69, 9.17) is 10.7 Å². The summed E-state index contributed by atoms with van der Waals surface area (Å²) in [6.45, 7) is 22.8. The van der Waals surface area contributed by atoms with E-state index in [0.717, 1.165) is 86.0 Å². The number of hydrogen-bond donors (Lipinski definition) is 3. The number of carbonyl (C=O) groups is 1. The number of aliphatic imine (C=N–C) groups is 1. The maximum Gasteiger partial charge on any atom is 0.272 e. The third-order valence-corrected chi connectivity index (χ3v) is 9.32. The number of nitrogens with two attached hydrogens (primary N) is 1. The molecule has 43 heavy (non-hydrogen) atoms. The number of anilines is 1. The van der Waals surface area contributed by atoms with Crippen molar-refractivity contribution in [2.24, 2.45) is 21.6 Å². The smallest absolute Gasteiger partial charge is 0.272 e. The predicted octanol–water partition coefficient (Wildman–Crippen LogP) is 6.88. The highest BCUT2D eigenvalue weighted by Crippen LogP contribution is 2.58. The fourth-order valence-electron chi connectivity index (χ4n) is 6.54. The summed E-state index contributed by atoms with van der Waals surface area (Å²) in [5.74, 6) is 0.571. The van der Waals surface area contributed by atoms with Crippen LogP contribution in [0.1, 0.15) is 102 Å². The van der Waals surface area contributed by atoms with E-state index in [1.54, 1.807) is 5.01 Å². The molecule has 5 rings (SSSR count). The molecule has 4 aliphatic rings. The van der Waals surface area contributed by atoms with Crippen LogP contribution in [0.15, 0.2) is 71.7 Å². The number of aromatic nitrogens is 2. The summed E-state index contributed by atoms with van der Waals surface area (Å²) >= 11 is 0. The van der Waals surface area contributed by atoms with Gasteiger partial charge < -0.3 is 11.1 Å². The van der Waals surface area contributed by atoms with Gasteiger partial charge in [-0.25, -0.2) is 9.97 Å². The average Bonchev–Trinajstić information content (AvgIpc) is 3.08. The summed E-state index contributed by atoms with van der Waals surface area (Å²) in [6, 6.07) is 0.109. The van der Waals surface area contributed by atoms with Crippen LogP contribution in [0.3, 0.4) is 0 Å². The quantitative estimate of drug-likeness (QED) is 0.174. The Morgan fingerprint density at radius 2 is 1.79 bits per heavy atom. The molecule has 1 aromatic heterocycles. The highest BCUT2D eigenvalue weighted by atomic mass is 16.1. The van der Waals surface area contributed by atoms with Crippen molar-refractivity contribution in [3.05, 3.63) is 78.1 Å². The molecule has 1 unspecified atom stereocenters. The molecule has 0 spiro atoms. The molecule has 234 valence electrons. The zero-order valence-electron chi connectivity index (χ0n) is 27.4. The fourth-order valence-corrected chi connectivity index (χ4v) is 6.54. The SMILES string of the molecule is C=C1/C=C(C(=C)C)\C=C/CC(N=C(C)NN(C)c2c(C)ncnc2C(=O)NCC23CCC(C(=C)N)(CC2)CC3)CC1.CC. The standard InChI is InChI=1S/C33H47N7O.C2H6/c1-22(2)27-9-8-10-28(12-11-23(3)19-27)38-26(6)39-40(7)30-24(4)36-21-37-29(30)31(41)35-20-32-13-16-33(17-14-32,18-15-32)25(5)34;1-2/h8-9,19,21,28H,1,3,5,10-18,20,34H2,2,4,6-7H3,(H,35,41)(H,38,39);1-2H3/b9-8-,27-19+;. The average molecular weight is 588 g/mol. The van der Waals surface area contributed by atoms with Crippen molar-refractivity contribution < 1.29 is 4.79 Å². The Hall–Kier alpha value is -3.68.